The summed E-state index contributed by atoms with van der Waals surface area (Å²) in [6.07, 6.45) is 1.76. The minimum absolute atomic E-state index is 0.0386. The summed E-state index contributed by atoms with van der Waals surface area (Å²) in [6, 6.07) is 3.76. The maximum Gasteiger partial charge on any atom is 0.168 e. The van der Waals surface area contributed by atoms with Gasteiger partial charge in [-0.15, -0.1) is 0 Å². The van der Waals surface area contributed by atoms with Gasteiger partial charge >= 0.3 is 0 Å². The molecule has 0 unspecified atom stereocenters. The molecule has 0 aliphatic carbocycles. The Hall–Kier alpha value is -1.38. The van der Waals surface area contributed by atoms with Crippen LogP contribution in [0.5, 0.6) is 0 Å². The van der Waals surface area contributed by atoms with Crippen molar-refractivity contribution in [3.63, 3.8) is 0 Å². The molecule has 0 fully saturated rings. The summed E-state index contributed by atoms with van der Waals surface area (Å²) in [5.74, 6) is 0.850. The Morgan fingerprint density at radius 3 is 2.77 bits per heavy atom. The van der Waals surface area contributed by atoms with Crippen molar-refractivity contribution in [1.82, 2.24) is 10.1 Å². The molecule has 3 nitrogen and oxygen atoms in total. The maximum absolute atomic E-state index is 5.27. The molecule has 0 bridgehead atoms. The summed E-state index contributed by atoms with van der Waals surface area (Å²) in [6.45, 7) is 6.25. The van der Waals surface area contributed by atoms with Crippen molar-refractivity contribution in [2.75, 3.05) is 0 Å². The highest BCUT2D eigenvalue weighted by Gasteiger charge is 2.23. The minimum atomic E-state index is -0.0386. The average molecular weight is 176 g/mol. The standard InChI is InChI=1S/C10H12N2O/c1-10(2,3)9-8-7(12-13-9)5-4-6-11-8/h4-6H,1-3H3. The van der Waals surface area contributed by atoms with Crippen LogP contribution in [0.15, 0.2) is 22.9 Å². The Morgan fingerprint density at radius 1 is 1.31 bits per heavy atom. The van der Waals surface area contributed by atoms with Gasteiger partial charge in [-0.3, -0.25) is 4.98 Å². The molecule has 2 rings (SSSR count). The molecule has 0 aromatic carbocycles. The van der Waals surface area contributed by atoms with Gasteiger partial charge in [0.1, 0.15) is 11.0 Å². The number of hydrogen-bond acceptors (Lipinski definition) is 3. The van der Waals surface area contributed by atoms with Crippen molar-refractivity contribution in [2.45, 2.75) is 26.2 Å². The Balaban J connectivity index is 2.72. The predicted octanol–water partition coefficient (Wildman–Crippen LogP) is 2.52. The van der Waals surface area contributed by atoms with Crippen molar-refractivity contribution in [3.8, 4) is 0 Å². The molecule has 0 aliphatic heterocycles. The van der Waals surface area contributed by atoms with E-state index in [0.29, 0.717) is 0 Å². The molecule has 0 saturated carbocycles. The van der Waals surface area contributed by atoms with Gasteiger partial charge in [-0.1, -0.05) is 25.9 Å². The van der Waals surface area contributed by atoms with E-state index in [2.05, 4.69) is 30.9 Å². The zero-order valence-corrected chi connectivity index (χ0v) is 8.03. The Bertz CT molecular complexity index is 426. The van der Waals surface area contributed by atoms with Crippen molar-refractivity contribution < 1.29 is 4.52 Å². The first kappa shape index (κ1) is 8.23. The second-order valence-corrected chi connectivity index (χ2v) is 4.13. The first-order valence-electron chi connectivity index (χ1n) is 4.30. The number of aromatic nitrogens is 2. The van der Waals surface area contributed by atoms with Crippen LogP contribution in [-0.4, -0.2) is 10.1 Å². The summed E-state index contributed by atoms with van der Waals surface area (Å²) in [5.41, 5.74) is 1.66. The highest BCUT2D eigenvalue weighted by molar-refractivity contribution is 5.76. The van der Waals surface area contributed by atoms with Crippen molar-refractivity contribution in [1.29, 1.82) is 0 Å². The van der Waals surface area contributed by atoms with Crippen LogP contribution in [-0.2, 0) is 5.41 Å². The third kappa shape index (κ3) is 1.30. The molecular formula is C10H12N2O. The van der Waals surface area contributed by atoms with Crippen molar-refractivity contribution in [3.05, 3.63) is 24.1 Å². The fraction of sp³-hybridized carbons (Fsp3) is 0.400. The third-order valence-corrected chi connectivity index (χ3v) is 1.92. The van der Waals surface area contributed by atoms with Gasteiger partial charge in [0.2, 0.25) is 0 Å². The molecule has 13 heavy (non-hydrogen) atoms. The molecule has 0 saturated heterocycles. The topological polar surface area (TPSA) is 38.9 Å². The van der Waals surface area contributed by atoms with Gasteiger partial charge < -0.3 is 4.52 Å². The second kappa shape index (κ2) is 2.55. The lowest BCUT2D eigenvalue weighted by Crippen LogP contribution is -2.10. The van der Waals surface area contributed by atoms with Crippen LogP contribution in [0.4, 0.5) is 0 Å². The molecular weight excluding hydrogens is 164 g/mol. The molecule has 68 valence electrons. The lowest BCUT2D eigenvalue weighted by atomic mass is 9.92. The van der Waals surface area contributed by atoms with Gasteiger partial charge in [-0.05, 0) is 12.1 Å². The lowest BCUT2D eigenvalue weighted by molar-refractivity contribution is 0.335. The van der Waals surface area contributed by atoms with Crippen LogP contribution < -0.4 is 0 Å². The number of pyridine rings is 1. The van der Waals surface area contributed by atoms with E-state index in [-0.39, 0.29) is 5.41 Å². The first-order chi connectivity index (χ1) is 6.09. The third-order valence-electron chi connectivity index (χ3n) is 1.92. The fourth-order valence-electron chi connectivity index (χ4n) is 1.28. The van der Waals surface area contributed by atoms with Gasteiger partial charge in [0.05, 0.1) is 0 Å². The molecule has 0 N–H and O–H groups in total. The zero-order chi connectivity index (χ0) is 9.47. The SMILES string of the molecule is CC(C)(C)c1onc2cccnc12. The molecule has 2 heterocycles. The number of nitrogens with zero attached hydrogens (tertiary/aromatic N) is 2. The molecule has 2 aromatic rings. The summed E-state index contributed by atoms with van der Waals surface area (Å²) in [4.78, 5) is 4.25. The second-order valence-electron chi connectivity index (χ2n) is 4.13. The molecule has 0 spiro atoms. The van der Waals surface area contributed by atoms with E-state index in [1.165, 1.54) is 0 Å². The van der Waals surface area contributed by atoms with E-state index < -0.39 is 0 Å². The van der Waals surface area contributed by atoms with Gasteiger partial charge in [0, 0.05) is 11.6 Å². The van der Waals surface area contributed by atoms with Gasteiger partial charge in [0.25, 0.3) is 0 Å². The number of fused-ring (bicyclic) bond motifs is 1. The monoisotopic (exact) mass is 176 g/mol. The van der Waals surface area contributed by atoms with E-state index in [1.54, 1.807) is 6.20 Å². The Morgan fingerprint density at radius 2 is 2.08 bits per heavy atom. The molecule has 0 amide bonds. The lowest BCUT2D eigenvalue weighted by Gasteiger charge is -2.12. The molecule has 0 aliphatic rings. The van der Waals surface area contributed by atoms with Crippen molar-refractivity contribution in [2.24, 2.45) is 0 Å². The van der Waals surface area contributed by atoms with E-state index in [9.17, 15) is 0 Å². The smallest absolute Gasteiger partial charge is 0.168 e. The number of rotatable bonds is 0. The van der Waals surface area contributed by atoms with Gasteiger partial charge in [0.15, 0.2) is 5.76 Å². The fourth-order valence-corrected chi connectivity index (χ4v) is 1.28. The summed E-state index contributed by atoms with van der Waals surface area (Å²) in [7, 11) is 0. The zero-order valence-electron chi connectivity index (χ0n) is 8.03. The van der Waals surface area contributed by atoms with Crippen LogP contribution in [0.3, 0.4) is 0 Å². The summed E-state index contributed by atoms with van der Waals surface area (Å²) >= 11 is 0. The van der Waals surface area contributed by atoms with Crippen molar-refractivity contribution >= 4 is 11.0 Å². The van der Waals surface area contributed by atoms with Gasteiger partial charge in [-0.25, -0.2) is 0 Å². The van der Waals surface area contributed by atoms with Gasteiger partial charge in [-0.2, -0.15) is 0 Å². The maximum atomic E-state index is 5.27. The molecule has 3 heteroatoms. The molecule has 0 radical (unpaired) electrons. The van der Waals surface area contributed by atoms with Crippen LogP contribution in [0, 0.1) is 0 Å². The summed E-state index contributed by atoms with van der Waals surface area (Å²) < 4.78 is 5.27. The van der Waals surface area contributed by atoms with Crippen LogP contribution in [0.1, 0.15) is 26.5 Å². The van der Waals surface area contributed by atoms with Crippen LogP contribution in [0.2, 0.25) is 0 Å². The molecule has 0 atom stereocenters. The Kier molecular flexibility index (Phi) is 1.62. The minimum Gasteiger partial charge on any atom is -0.358 e. The molecule has 2 aromatic heterocycles. The normalized spacial score (nSPS) is 12.2. The van der Waals surface area contributed by atoms with Crippen LogP contribution in [0.25, 0.3) is 11.0 Å². The van der Waals surface area contributed by atoms with E-state index >= 15 is 0 Å². The Labute approximate surface area is 76.8 Å². The number of hydrogen-bond donors (Lipinski definition) is 0. The quantitative estimate of drug-likeness (QED) is 0.619. The van der Waals surface area contributed by atoms with E-state index in [1.807, 2.05) is 12.1 Å². The van der Waals surface area contributed by atoms with E-state index in [4.69, 9.17) is 4.52 Å². The van der Waals surface area contributed by atoms with E-state index in [0.717, 1.165) is 16.8 Å². The highest BCUT2D eigenvalue weighted by atomic mass is 16.5. The van der Waals surface area contributed by atoms with Crippen LogP contribution >= 0.6 is 0 Å². The highest BCUT2D eigenvalue weighted by Crippen LogP contribution is 2.27. The predicted molar refractivity (Wildman–Crippen MR) is 50.5 cm³/mol. The first-order valence-corrected chi connectivity index (χ1v) is 4.30. The largest absolute Gasteiger partial charge is 0.358 e. The average Bonchev–Trinajstić information content (AvgIpc) is 2.45. The summed E-state index contributed by atoms with van der Waals surface area (Å²) in [5, 5.41) is 3.95.